The van der Waals surface area contributed by atoms with E-state index in [0.29, 0.717) is 0 Å². The van der Waals surface area contributed by atoms with E-state index in [1.807, 2.05) is 38.1 Å². The Bertz CT molecular complexity index is 697. The molecule has 0 fully saturated rings. The second-order valence-electron chi connectivity index (χ2n) is 4.98. The van der Waals surface area contributed by atoms with E-state index < -0.39 is 0 Å². The molecule has 0 radical (unpaired) electrons. The highest BCUT2D eigenvalue weighted by Gasteiger charge is 2.05. The van der Waals surface area contributed by atoms with Gasteiger partial charge in [-0.25, -0.2) is 10.9 Å². The lowest BCUT2D eigenvalue weighted by atomic mass is 10.3. The zero-order chi connectivity index (χ0) is 17.4. The molecule has 2 heterocycles. The van der Waals surface area contributed by atoms with Crippen LogP contribution in [-0.4, -0.2) is 24.2 Å². The number of carbonyl (C=O) groups excluding carboxylic acids is 2. The molecule has 24 heavy (non-hydrogen) atoms. The van der Waals surface area contributed by atoms with Gasteiger partial charge in [0.2, 0.25) is 11.8 Å². The van der Waals surface area contributed by atoms with Gasteiger partial charge in [0, 0.05) is 32.4 Å². The Labute approximate surface area is 148 Å². The van der Waals surface area contributed by atoms with Gasteiger partial charge in [0.1, 0.15) is 0 Å². The summed E-state index contributed by atoms with van der Waals surface area (Å²) in [5.41, 5.74) is 4.80. The van der Waals surface area contributed by atoms with Gasteiger partial charge in [-0.1, -0.05) is 0 Å². The summed E-state index contributed by atoms with van der Waals surface area (Å²) in [5.74, 6) is -0.625. The lowest BCUT2D eigenvalue weighted by Gasteiger charge is -1.99. The van der Waals surface area contributed by atoms with Crippen molar-refractivity contribution in [1.29, 1.82) is 0 Å². The average molecular weight is 362 g/mol. The van der Waals surface area contributed by atoms with E-state index in [2.05, 4.69) is 21.1 Å². The van der Waals surface area contributed by atoms with E-state index in [0.717, 1.165) is 9.75 Å². The molecule has 2 rings (SSSR count). The Hall–Kier alpha value is -2.32. The molecule has 0 bridgehead atoms. The summed E-state index contributed by atoms with van der Waals surface area (Å²) in [7, 11) is 0. The van der Waals surface area contributed by atoms with Crippen LogP contribution in [0, 0.1) is 13.8 Å². The van der Waals surface area contributed by atoms with Gasteiger partial charge >= 0.3 is 0 Å². The molecule has 0 aromatic carbocycles. The molecule has 2 N–H and O–H groups in total. The molecule has 126 valence electrons. The predicted molar refractivity (Wildman–Crippen MR) is 98.8 cm³/mol. The van der Waals surface area contributed by atoms with E-state index in [-0.39, 0.29) is 24.7 Å². The van der Waals surface area contributed by atoms with Crippen molar-refractivity contribution in [2.75, 3.05) is 0 Å². The van der Waals surface area contributed by atoms with Crippen LogP contribution in [0.4, 0.5) is 0 Å². The van der Waals surface area contributed by atoms with Crippen molar-refractivity contribution in [1.82, 2.24) is 10.9 Å². The van der Waals surface area contributed by atoms with Gasteiger partial charge in [0.25, 0.3) is 0 Å². The molecule has 0 aliphatic heterocycles. The molecule has 8 heteroatoms. The van der Waals surface area contributed by atoms with Gasteiger partial charge in [-0.2, -0.15) is 10.2 Å². The van der Waals surface area contributed by atoms with Gasteiger partial charge < -0.3 is 0 Å². The summed E-state index contributed by atoms with van der Waals surface area (Å²) in [6.07, 6.45) is 3.28. The maximum atomic E-state index is 11.6. The number of nitrogens with zero attached hydrogens (tertiary/aromatic N) is 2. The monoisotopic (exact) mass is 362 g/mol. The first-order valence-corrected chi connectivity index (χ1v) is 8.93. The molecular weight excluding hydrogens is 344 g/mol. The van der Waals surface area contributed by atoms with Crippen molar-refractivity contribution in [2.45, 2.75) is 26.7 Å². The van der Waals surface area contributed by atoms with Gasteiger partial charge in [-0.05, 0) is 38.1 Å². The molecule has 2 amide bonds. The van der Waals surface area contributed by atoms with Gasteiger partial charge in [0.15, 0.2) is 0 Å². The van der Waals surface area contributed by atoms with Crippen LogP contribution < -0.4 is 10.9 Å². The summed E-state index contributed by atoms with van der Waals surface area (Å²) >= 11 is 3.17. The summed E-state index contributed by atoms with van der Waals surface area (Å²) in [5, 5.41) is 7.73. The zero-order valence-corrected chi connectivity index (χ0v) is 15.0. The smallest absolute Gasteiger partial charge is 0.240 e. The molecule has 0 aliphatic rings. The van der Waals surface area contributed by atoms with Crippen molar-refractivity contribution in [2.24, 2.45) is 10.2 Å². The van der Waals surface area contributed by atoms with Crippen LogP contribution >= 0.6 is 22.7 Å². The normalized spacial score (nSPS) is 11.2. The zero-order valence-electron chi connectivity index (χ0n) is 13.4. The molecule has 2 aromatic heterocycles. The molecule has 0 aliphatic carbocycles. The number of nitrogens with one attached hydrogen (secondary N) is 2. The topological polar surface area (TPSA) is 82.9 Å². The number of amides is 2. The third-order valence-corrected chi connectivity index (χ3v) is 4.73. The number of carbonyl (C=O) groups is 2. The average Bonchev–Trinajstić information content (AvgIpc) is 3.14. The van der Waals surface area contributed by atoms with Crippen LogP contribution in [0.15, 0.2) is 34.5 Å². The summed E-state index contributed by atoms with van der Waals surface area (Å²) in [6.45, 7) is 4.00. The fourth-order valence-electron chi connectivity index (χ4n) is 1.72. The first-order valence-electron chi connectivity index (χ1n) is 7.29. The van der Waals surface area contributed by atoms with E-state index in [1.165, 1.54) is 9.75 Å². The third kappa shape index (κ3) is 6.43. The van der Waals surface area contributed by atoms with Gasteiger partial charge in [0.05, 0.1) is 12.4 Å². The van der Waals surface area contributed by atoms with Crippen LogP contribution in [0.5, 0.6) is 0 Å². The molecule has 0 atom stereocenters. The van der Waals surface area contributed by atoms with E-state index in [9.17, 15) is 9.59 Å². The number of aryl methyl sites for hydroxylation is 2. The Balaban J connectivity index is 1.64. The Morgan fingerprint density at radius 1 is 0.875 bits per heavy atom. The Morgan fingerprint density at radius 2 is 1.29 bits per heavy atom. The predicted octanol–water partition coefficient (Wildman–Crippen LogP) is 2.81. The third-order valence-electron chi connectivity index (χ3n) is 2.86. The van der Waals surface area contributed by atoms with Crippen molar-refractivity contribution in [3.63, 3.8) is 0 Å². The van der Waals surface area contributed by atoms with Crippen LogP contribution in [0.25, 0.3) is 0 Å². The molecule has 0 saturated heterocycles. The minimum atomic E-state index is -0.312. The van der Waals surface area contributed by atoms with Crippen LogP contribution in [0.1, 0.15) is 32.4 Å². The standard InChI is InChI=1S/C16H18N4O2S2/c1-11-3-5-13(23-11)9-17-19-15(21)7-8-16(22)20-18-10-14-6-4-12(2)24-14/h3-6,9-10H,7-8H2,1-2H3,(H,19,21)(H,20,22). The molecule has 0 spiro atoms. The first kappa shape index (κ1) is 18.0. The first-order chi connectivity index (χ1) is 11.5. The SMILES string of the molecule is Cc1ccc(C=NNC(=O)CCC(=O)NN=Cc2ccc(C)s2)s1. The largest absolute Gasteiger partial charge is 0.273 e. The Morgan fingerprint density at radius 3 is 1.62 bits per heavy atom. The number of rotatable bonds is 7. The highest BCUT2D eigenvalue weighted by molar-refractivity contribution is 7.13. The van der Waals surface area contributed by atoms with Crippen LogP contribution in [0.3, 0.4) is 0 Å². The summed E-state index contributed by atoms with van der Waals surface area (Å²) < 4.78 is 0. The molecule has 2 aromatic rings. The fourth-order valence-corrected chi connectivity index (χ4v) is 3.22. The second kappa shape index (κ2) is 9.09. The second-order valence-corrected chi connectivity index (χ2v) is 7.62. The number of thiophene rings is 2. The molecule has 6 nitrogen and oxygen atoms in total. The van der Waals surface area contributed by atoms with Crippen molar-refractivity contribution < 1.29 is 9.59 Å². The quantitative estimate of drug-likeness (QED) is 0.586. The summed E-state index contributed by atoms with van der Waals surface area (Å²) in [6, 6.07) is 7.82. The lowest BCUT2D eigenvalue weighted by Crippen LogP contribution is -2.22. The minimum absolute atomic E-state index is 0.0558. The van der Waals surface area contributed by atoms with Crippen molar-refractivity contribution in [3.05, 3.63) is 43.8 Å². The van der Waals surface area contributed by atoms with Crippen LogP contribution in [-0.2, 0) is 9.59 Å². The van der Waals surface area contributed by atoms with E-state index in [4.69, 9.17) is 0 Å². The highest BCUT2D eigenvalue weighted by atomic mass is 32.1. The molecular formula is C16H18N4O2S2. The maximum Gasteiger partial charge on any atom is 0.240 e. The molecule has 0 saturated carbocycles. The van der Waals surface area contributed by atoms with E-state index in [1.54, 1.807) is 35.1 Å². The maximum absolute atomic E-state index is 11.6. The number of hydrogen-bond acceptors (Lipinski definition) is 6. The lowest BCUT2D eigenvalue weighted by molar-refractivity contribution is -0.126. The molecule has 0 unspecified atom stereocenters. The number of hydrazone groups is 2. The highest BCUT2D eigenvalue weighted by Crippen LogP contribution is 2.12. The fraction of sp³-hybridized carbons (Fsp3) is 0.250. The summed E-state index contributed by atoms with van der Waals surface area (Å²) in [4.78, 5) is 27.5. The van der Waals surface area contributed by atoms with Crippen LogP contribution in [0.2, 0.25) is 0 Å². The Kier molecular flexibility index (Phi) is 6.83. The van der Waals surface area contributed by atoms with Crippen molar-refractivity contribution >= 4 is 46.9 Å². The van der Waals surface area contributed by atoms with Crippen molar-refractivity contribution in [3.8, 4) is 0 Å². The number of hydrogen-bond donors (Lipinski definition) is 2. The van der Waals surface area contributed by atoms with Gasteiger partial charge in [-0.15, -0.1) is 22.7 Å². The van der Waals surface area contributed by atoms with E-state index >= 15 is 0 Å². The van der Waals surface area contributed by atoms with Gasteiger partial charge in [-0.3, -0.25) is 9.59 Å². The minimum Gasteiger partial charge on any atom is -0.273 e.